The van der Waals surface area contributed by atoms with E-state index < -0.39 is 5.41 Å². The van der Waals surface area contributed by atoms with Crippen LogP contribution in [0, 0.1) is 11.3 Å². The maximum Gasteiger partial charge on any atom is 0.235 e. The molecule has 2 aromatic heterocycles. The summed E-state index contributed by atoms with van der Waals surface area (Å²) in [5.74, 6) is 2.71. The van der Waals surface area contributed by atoms with Gasteiger partial charge in [0.2, 0.25) is 12.7 Å². The monoisotopic (exact) mass is 528 g/mol. The van der Waals surface area contributed by atoms with E-state index in [0.29, 0.717) is 23.9 Å². The number of ether oxygens (including phenoxy) is 2. The van der Waals surface area contributed by atoms with Crippen molar-refractivity contribution >= 4 is 22.5 Å². The van der Waals surface area contributed by atoms with Crippen molar-refractivity contribution in [2.24, 2.45) is 11.3 Å². The molecule has 0 saturated heterocycles. The summed E-state index contributed by atoms with van der Waals surface area (Å²) in [5, 5.41) is 18.9. The number of hydrogen-bond donors (Lipinski definition) is 2. The second-order valence-electron chi connectivity index (χ2n) is 11.9. The van der Waals surface area contributed by atoms with Crippen molar-refractivity contribution < 1.29 is 14.3 Å². The van der Waals surface area contributed by atoms with Gasteiger partial charge in [0.25, 0.3) is 0 Å². The third-order valence-corrected chi connectivity index (χ3v) is 8.48. The molecule has 1 saturated carbocycles. The average molecular weight is 529 g/mol. The Morgan fingerprint density at radius 1 is 1.13 bits per heavy atom. The number of amides is 1. The number of carbonyl (C=O) groups excluding carboxylic acids is 1. The molecule has 2 aliphatic rings. The van der Waals surface area contributed by atoms with Crippen molar-refractivity contribution in [3.63, 3.8) is 0 Å². The zero-order valence-electron chi connectivity index (χ0n) is 23.1. The second kappa shape index (κ2) is 9.70. The van der Waals surface area contributed by atoms with Crippen LogP contribution in [0.5, 0.6) is 11.5 Å². The molecule has 9 nitrogen and oxygen atoms in total. The number of aryl methyl sites for hydroxylation is 2. The van der Waals surface area contributed by atoms with E-state index in [-0.39, 0.29) is 18.1 Å². The first-order valence-electron chi connectivity index (χ1n) is 13.8. The molecule has 39 heavy (non-hydrogen) atoms. The van der Waals surface area contributed by atoms with Gasteiger partial charge in [-0.05, 0) is 72.6 Å². The molecule has 1 aliphatic carbocycles. The van der Waals surface area contributed by atoms with Crippen LogP contribution in [-0.4, -0.2) is 37.9 Å². The first kappa shape index (κ1) is 25.4. The Hall–Kier alpha value is -3.88. The standard InChI is InChI=1S/C30H36N6O3/c1-5-20(29(2,3)4)16-23-15-19-14-22(7-8-24(19)36(23)13-10-27-32-34-35-33-27)31-28(37)30(11-12-30)21-6-9-25-26(17-21)39-18-38-25/h6-9,14-15,17,20H,5,10-13,16,18H2,1-4H3,(H,31,37)(H,32,33,34,35). The topological polar surface area (TPSA) is 107 Å². The molecular formula is C30H36N6O3. The van der Waals surface area contributed by atoms with Crippen LogP contribution < -0.4 is 14.8 Å². The zero-order valence-corrected chi connectivity index (χ0v) is 23.1. The fraction of sp³-hybridized carbons (Fsp3) is 0.467. The van der Waals surface area contributed by atoms with Crippen molar-refractivity contribution in [3.8, 4) is 11.5 Å². The fourth-order valence-electron chi connectivity index (χ4n) is 5.87. The lowest BCUT2D eigenvalue weighted by atomic mass is 9.76. The van der Waals surface area contributed by atoms with E-state index in [9.17, 15) is 4.79 Å². The third kappa shape index (κ3) is 4.86. The van der Waals surface area contributed by atoms with Crippen LogP contribution in [-0.2, 0) is 29.6 Å². The largest absolute Gasteiger partial charge is 0.454 e. The molecule has 1 unspecified atom stereocenters. The lowest BCUT2D eigenvalue weighted by molar-refractivity contribution is -0.118. The molecule has 0 bridgehead atoms. The fourth-order valence-corrected chi connectivity index (χ4v) is 5.87. The first-order chi connectivity index (χ1) is 18.8. The van der Waals surface area contributed by atoms with Gasteiger partial charge < -0.3 is 19.4 Å². The van der Waals surface area contributed by atoms with Gasteiger partial charge in [0, 0.05) is 35.2 Å². The minimum Gasteiger partial charge on any atom is -0.454 e. The summed E-state index contributed by atoms with van der Waals surface area (Å²) in [5.41, 5.74) is 3.91. The van der Waals surface area contributed by atoms with E-state index in [0.717, 1.165) is 60.1 Å². The van der Waals surface area contributed by atoms with E-state index >= 15 is 0 Å². The summed E-state index contributed by atoms with van der Waals surface area (Å²) in [7, 11) is 0. The van der Waals surface area contributed by atoms with Crippen LogP contribution >= 0.6 is 0 Å². The summed E-state index contributed by atoms with van der Waals surface area (Å²) in [6.07, 6.45) is 4.43. The highest BCUT2D eigenvalue weighted by atomic mass is 16.7. The van der Waals surface area contributed by atoms with Crippen molar-refractivity contribution in [2.75, 3.05) is 12.1 Å². The van der Waals surface area contributed by atoms with Gasteiger partial charge in [0.15, 0.2) is 17.3 Å². The number of carbonyl (C=O) groups is 1. The molecule has 0 radical (unpaired) electrons. The van der Waals surface area contributed by atoms with Crippen molar-refractivity contribution in [3.05, 3.63) is 59.5 Å². The molecule has 3 heterocycles. The lowest BCUT2D eigenvalue weighted by Gasteiger charge is -2.30. The SMILES string of the molecule is CCC(Cc1cc2cc(NC(=O)C3(c4ccc5c(c4)OCO5)CC3)ccc2n1CCc1nn[nH]n1)C(C)(C)C. The first-order valence-corrected chi connectivity index (χ1v) is 13.8. The predicted molar refractivity (Wildman–Crippen MR) is 149 cm³/mol. The van der Waals surface area contributed by atoms with Crippen LogP contribution in [0.4, 0.5) is 5.69 Å². The van der Waals surface area contributed by atoms with Gasteiger partial charge in [-0.1, -0.05) is 45.4 Å². The van der Waals surface area contributed by atoms with E-state index in [2.05, 4.69) is 76.4 Å². The number of anilines is 1. The summed E-state index contributed by atoms with van der Waals surface area (Å²) in [4.78, 5) is 13.5. The predicted octanol–water partition coefficient (Wildman–Crippen LogP) is 5.41. The molecular weight excluding hydrogens is 492 g/mol. The maximum atomic E-state index is 13.5. The Kier molecular flexibility index (Phi) is 6.32. The number of aromatic nitrogens is 5. The number of nitrogens with zero attached hydrogens (tertiary/aromatic N) is 4. The van der Waals surface area contributed by atoms with E-state index in [1.54, 1.807) is 0 Å². The van der Waals surface area contributed by atoms with Gasteiger partial charge in [-0.15, -0.1) is 10.2 Å². The highest BCUT2D eigenvalue weighted by molar-refractivity contribution is 6.02. The number of hydrogen-bond acceptors (Lipinski definition) is 6. The molecule has 1 fully saturated rings. The normalized spacial score (nSPS) is 16.4. The minimum atomic E-state index is -0.515. The quantitative estimate of drug-likeness (QED) is 0.301. The Morgan fingerprint density at radius 3 is 2.67 bits per heavy atom. The Labute approximate surface area is 228 Å². The molecule has 1 aliphatic heterocycles. The zero-order chi connectivity index (χ0) is 27.2. The highest BCUT2D eigenvalue weighted by Gasteiger charge is 2.51. The van der Waals surface area contributed by atoms with E-state index in [4.69, 9.17) is 9.47 Å². The number of H-pyrrole nitrogens is 1. The van der Waals surface area contributed by atoms with Crippen LogP contribution in [0.1, 0.15) is 64.0 Å². The molecule has 2 N–H and O–H groups in total. The summed E-state index contributed by atoms with van der Waals surface area (Å²) in [6.45, 7) is 10.2. The van der Waals surface area contributed by atoms with Crippen LogP contribution in [0.2, 0.25) is 0 Å². The van der Waals surface area contributed by atoms with Crippen LogP contribution in [0.15, 0.2) is 42.5 Å². The molecule has 6 rings (SSSR count). The van der Waals surface area contributed by atoms with Gasteiger partial charge in [-0.2, -0.15) is 5.21 Å². The smallest absolute Gasteiger partial charge is 0.235 e. The van der Waals surface area contributed by atoms with Gasteiger partial charge in [0.05, 0.1) is 5.41 Å². The number of fused-ring (bicyclic) bond motifs is 2. The molecule has 1 amide bonds. The number of tetrazole rings is 1. The highest BCUT2D eigenvalue weighted by Crippen LogP contribution is 2.51. The van der Waals surface area contributed by atoms with Gasteiger partial charge in [0.1, 0.15) is 0 Å². The number of nitrogens with one attached hydrogen (secondary N) is 2. The molecule has 9 heteroatoms. The van der Waals surface area contributed by atoms with Crippen LogP contribution in [0.3, 0.4) is 0 Å². The molecule has 0 spiro atoms. The molecule has 2 aromatic carbocycles. The maximum absolute atomic E-state index is 13.5. The molecule has 1 atom stereocenters. The van der Waals surface area contributed by atoms with Gasteiger partial charge in [-0.25, -0.2) is 0 Å². The summed E-state index contributed by atoms with van der Waals surface area (Å²) < 4.78 is 13.4. The van der Waals surface area contributed by atoms with Gasteiger partial charge >= 0.3 is 0 Å². The Balaban J connectivity index is 1.27. The van der Waals surface area contributed by atoms with Crippen molar-refractivity contribution in [2.45, 2.75) is 71.8 Å². The van der Waals surface area contributed by atoms with Crippen molar-refractivity contribution in [1.29, 1.82) is 0 Å². The third-order valence-electron chi connectivity index (χ3n) is 8.48. The number of rotatable bonds is 9. The molecule has 204 valence electrons. The van der Waals surface area contributed by atoms with E-state index in [1.807, 2.05) is 24.3 Å². The minimum absolute atomic E-state index is 0.0243. The summed E-state index contributed by atoms with van der Waals surface area (Å²) >= 11 is 0. The number of aromatic amines is 1. The Morgan fingerprint density at radius 2 is 1.95 bits per heavy atom. The lowest BCUT2D eigenvalue weighted by Crippen LogP contribution is -2.27. The summed E-state index contributed by atoms with van der Waals surface area (Å²) in [6, 6.07) is 14.3. The molecule has 4 aromatic rings. The average Bonchev–Trinajstić information content (AvgIpc) is 3.22. The number of benzene rings is 2. The van der Waals surface area contributed by atoms with Crippen LogP contribution in [0.25, 0.3) is 10.9 Å². The van der Waals surface area contributed by atoms with E-state index in [1.165, 1.54) is 5.69 Å². The Bertz CT molecular complexity index is 1500. The van der Waals surface area contributed by atoms with Gasteiger partial charge in [-0.3, -0.25) is 4.79 Å². The second-order valence-corrected chi connectivity index (χ2v) is 11.9. The van der Waals surface area contributed by atoms with Crippen molar-refractivity contribution in [1.82, 2.24) is 25.2 Å².